The Morgan fingerprint density at radius 1 is 1.35 bits per heavy atom. The zero-order valence-electron chi connectivity index (χ0n) is 13.3. The third-order valence-electron chi connectivity index (χ3n) is 4.89. The van der Waals surface area contributed by atoms with E-state index in [2.05, 4.69) is 23.3 Å². The molecule has 0 saturated carbocycles. The highest BCUT2D eigenvalue weighted by atomic mass is 16.4. The summed E-state index contributed by atoms with van der Waals surface area (Å²) < 4.78 is 1.78. The number of carbonyl (C=O) groups is 1. The van der Waals surface area contributed by atoms with Crippen molar-refractivity contribution in [1.29, 1.82) is 0 Å². The predicted molar refractivity (Wildman–Crippen MR) is 88.2 cm³/mol. The van der Waals surface area contributed by atoms with Crippen LogP contribution in [0.2, 0.25) is 0 Å². The molecule has 6 heteroatoms. The summed E-state index contributed by atoms with van der Waals surface area (Å²) in [6.07, 6.45) is 4.50. The van der Waals surface area contributed by atoms with Crippen LogP contribution in [0.15, 0.2) is 36.7 Å². The molecule has 1 amide bonds. The van der Waals surface area contributed by atoms with Crippen molar-refractivity contribution in [2.75, 3.05) is 19.6 Å². The van der Waals surface area contributed by atoms with Crippen LogP contribution in [0, 0.1) is 0 Å². The predicted octanol–water partition coefficient (Wildman–Crippen LogP) is 2.06. The molecule has 2 heterocycles. The largest absolute Gasteiger partial charge is 0.465 e. The molecule has 1 aliphatic rings. The number of piperidine rings is 1. The van der Waals surface area contributed by atoms with Gasteiger partial charge in [0, 0.05) is 43.9 Å². The van der Waals surface area contributed by atoms with Crippen LogP contribution in [-0.2, 0) is 12.5 Å². The fourth-order valence-corrected chi connectivity index (χ4v) is 3.34. The maximum Gasteiger partial charge on any atom is 0.407 e. The van der Waals surface area contributed by atoms with Crippen LogP contribution >= 0.6 is 0 Å². The van der Waals surface area contributed by atoms with Crippen molar-refractivity contribution in [1.82, 2.24) is 14.7 Å². The average Bonchev–Trinajstić information content (AvgIpc) is 3.01. The topological polar surface area (TPSA) is 84.4 Å². The number of nitrogens with two attached hydrogens (primary N) is 1. The second-order valence-electron chi connectivity index (χ2n) is 6.24. The molecular weight excluding hydrogens is 292 g/mol. The third-order valence-corrected chi connectivity index (χ3v) is 4.89. The van der Waals surface area contributed by atoms with Crippen molar-refractivity contribution >= 4 is 6.09 Å². The van der Waals surface area contributed by atoms with E-state index >= 15 is 0 Å². The molecular formula is C17H22N4O2. The van der Waals surface area contributed by atoms with E-state index in [1.807, 2.05) is 25.5 Å². The second kappa shape index (κ2) is 6.04. The summed E-state index contributed by atoms with van der Waals surface area (Å²) in [7, 11) is 1.90. The Hall–Kier alpha value is -2.34. The minimum Gasteiger partial charge on any atom is -0.465 e. The molecule has 23 heavy (non-hydrogen) atoms. The zero-order chi connectivity index (χ0) is 16.4. The van der Waals surface area contributed by atoms with Gasteiger partial charge in [0.05, 0.1) is 6.20 Å². The maximum atomic E-state index is 11.1. The first-order valence-corrected chi connectivity index (χ1v) is 7.82. The average molecular weight is 314 g/mol. The van der Waals surface area contributed by atoms with Crippen molar-refractivity contribution < 1.29 is 9.90 Å². The smallest absolute Gasteiger partial charge is 0.407 e. The van der Waals surface area contributed by atoms with Gasteiger partial charge in [-0.1, -0.05) is 24.3 Å². The number of benzene rings is 1. The van der Waals surface area contributed by atoms with E-state index in [1.54, 1.807) is 4.68 Å². The second-order valence-corrected chi connectivity index (χ2v) is 6.24. The number of aromatic nitrogens is 2. The van der Waals surface area contributed by atoms with Crippen LogP contribution in [0.3, 0.4) is 0 Å². The van der Waals surface area contributed by atoms with Gasteiger partial charge in [-0.25, -0.2) is 4.79 Å². The van der Waals surface area contributed by atoms with Crippen LogP contribution in [0.5, 0.6) is 0 Å². The van der Waals surface area contributed by atoms with Gasteiger partial charge in [0.2, 0.25) is 0 Å². The molecule has 122 valence electrons. The quantitative estimate of drug-likeness (QED) is 0.908. The Balaban J connectivity index is 1.89. The highest BCUT2D eigenvalue weighted by molar-refractivity contribution is 5.65. The lowest BCUT2D eigenvalue weighted by Gasteiger charge is -2.40. The molecule has 0 bridgehead atoms. The molecule has 6 nitrogen and oxygen atoms in total. The lowest BCUT2D eigenvalue weighted by molar-refractivity contribution is 0.117. The number of carboxylic acid groups (broad SMARTS) is 1. The van der Waals surface area contributed by atoms with Crippen LogP contribution in [0.1, 0.15) is 18.4 Å². The SMILES string of the molecule is Cn1cc(-c2cccc(C3(CN)CCN(C(=O)O)CC3)c2)cn1. The molecule has 3 rings (SSSR count). The van der Waals surface area contributed by atoms with E-state index < -0.39 is 6.09 Å². The Bertz CT molecular complexity index is 702. The van der Waals surface area contributed by atoms with Crippen LogP contribution in [0.25, 0.3) is 11.1 Å². The van der Waals surface area contributed by atoms with Gasteiger partial charge in [-0.3, -0.25) is 4.68 Å². The number of hydrogen-bond acceptors (Lipinski definition) is 3. The van der Waals surface area contributed by atoms with E-state index in [-0.39, 0.29) is 5.41 Å². The van der Waals surface area contributed by atoms with Crippen LogP contribution < -0.4 is 5.73 Å². The highest BCUT2D eigenvalue weighted by Crippen LogP contribution is 2.36. The van der Waals surface area contributed by atoms with E-state index in [4.69, 9.17) is 10.8 Å². The first-order chi connectivity index (χ1) is 11.0. The summed E-state index contributed by atoms with van der Waals surface area (Å²) in [6.45, 7) is 1.59. The normalized spacial score (nSPS) is 17.2. The van der Waals surface area contributed by atoms with Gasteiger partial charge in [-0.05, 0) is 24.0 Å². The van der Waals surface area contributed by atoms with Crippen LogP contribution in [0.4, 0.5) is 4.79 Å². The van der Waals surface area contributed by atoms with Gasteiger partial charge in [-0.2, -0.15) is 5.10 Å². The molecule has 1 aromatic heterocycles. The zero-order valence-corrected chi connectivity index (χ0v) is 13.3. The fourth-order valence-electron chi connectivity index (χ4n) is 3.34. The molecule has 1 fully saturated rings. The highest BCUT2D eigenvalue weighted by Gasteiger charge is 2.36. The Kier molecular flexibility index (Phi) is 4.09. The molecule has 3 N–H and O–H groups in total. The summed E-state index contributed by atoms with van der Waals surface area (Å²) in [6, 6.07) is 8.37. The van der Waals surface area contributed by atoms with E-state index in [9.17, 15) is 4.79 Å². The van der Waals surface area contributed by atoms with Gasteiger partial charge in [0.25, 0.3) is 0 Å². The minimum atomic E-state index is -0.847. The van der Waals surface area contributed by atoms with E-state index in [1.165, 1.54) is 10.5 Å². The van der Waals surface area contributed by atoms with Gasteiger partial charge < -0.3 is 15.7 Å². The Morgan fingerprint density at radius 3 is 2.65 bits per heavy atom. The van der Waals surface area contributed by atoms with Gasteiger partial charge in [-0.15, -0.1) is 0 Å². The third kappa shape index (κ3) is 2.94. The van der Waals surface area contributed by atoms with Crippen molar-refractivity contribution in [3.05, 3.63) is 42.2 Å². The molecule has 1 aliphatic heterocycles. The first kappa shape index (κ1) is 15.6. The Morgan fingerprint density at radius 2 is 2.09 bits per heavy atom. The van der Waals surface area contributed by atoms with Crippen molar-refractivity contribution in [3.8, 4) is 11.1 Å². The number of nitrogens with zero attached hydrogens (tertiary/aromatic N) is 3. The molecule has 0 atom stereocenters. The maximum absolute atomic E-state index is 11.1. The van der Waals surface area contributed by atoms with Crippen molar-refractivity contribution in [2.45, 2.75) is 18.3 Å². The summed E-state index contributed by atoms with van der Waals surface area (Å²) in [5.74, 6) is 0. The number of rotatable bonds is 3. The summed E-state index contributed by atoms with van der Waals surface area (Å²) >= 11 is 0. The summed E-state index contributed by atoms with van der Waals surface area (Å²) in [4.78, 5) is 12.6. The molecule has 2 aromatic rings. The molecule has 1 aromatic carbocycles. The number of aryl methyl sites for hydroxylation is 1. The lowest BCUT2D eigenvalue weighted by Crippen LogP contribution is -2.48. The molecule has 1 saturated heterocycles. The van der Waals surface area contributed by atoms with Crippen molar-refractivity contribution in [2.24, 2.45) is 12.8 Å². The lowest BCUT2D eigenvalue weighted by atomic mass is 9.72. The Labute approximate surface area is 135 Å². The summed E-state index contributed by atoms with van der Waals surface area (Å²) in [5, 5.41) is 13.4. The fraction of sp³-hybridized carbons (Fsp3) is 0.412. The monoisotopic (exact) mass is 314 g/mol. The van der Waals surface area contributed by atoms with Crippen LogP contribution in [-0.4, -0.2) is 45.5 Å². The number of likely N-dealkylation sites (tertiary alicyclic amines) is 1. The number of amides is 1. The first-order valence-electron chi connectivity index (χ1n) is 7.82. The van der Waals surface area contributed by atoms with Crippen molar-refractivity contribution in [3.63, 3.8) is 0 Å². The standard InChI is InChI=1S/C17H22N4O2/c1-20-11-14(10-19-20)13-3-2-4-15(9-13)17(12-18)5-7-21(8-6-17)16(22)23/h2-4,9-11H,5-8,12,18H2,1H3,(H,22,23). The van der Waals surface area contributed by atoms with Gasteiger partial charge >= 0.3 is 6.09 Å². The molecule has 0 spiro atoms. The van der Waals surface area contributed by atoms with E-state index in [0.29, 0.717) is 19.6 Å². The minimum absolute atomic E-state index is 0.149. The van der Waals surface area contributed by atoms with Gasteiger partial charge in [0.15, 0.2) is 0 Å². The van der Waals surface area contributed by atoms with Gasteiger partial charge in [0.1, 0.15) is 0 Å². The molecule has 0 unspecified atom stereocenters. The van der Waals surface area contributed by atoms with E-state index in [0.717, 1.165) is 24.0 Å². The molecule has 0 radical (unpaired) electrons. The number of hydrogen-bond donors (Lipinski definition) is 2. The summed E-state index contributed by atoms with van der Waals surface area (Å²) in [5.41, 5.74) is 9.33. The molecule has 0 aliphatic carbocycles.